The van der Waals surface area contributed by atoms with Crippen LogP contribution >= 0.6 is 7.82 Å². The number of nitrogens with zero attached hydrogens (tertiary/aromatic N) is 3. The van der Waals surface area contributed by atoms with Gasteiger partial charge in [0, 0.05) is 7.11 Å². The van der Waals surface area contributed by atoms with Crippen molar-refractivity contribution in [1.29, 1.82) is 0 Å². The Kier molecular flexibility index (Phi) is 4.92. The number of carbonyl (C=O) groups is 1. The second kappa shape index (κ2) is 6.38. The van der Waals surface area contributed by atoms with Gasteiger partial charge in [0.25, 0.3) is 5.91 Å². The van der Waals surface area contributed by atoms with Crippen LogP contribution in [0.5, 0.6) is 0 Å². The van der Waals surface area contributed by atoms with Gasteiger partial charge < -0.3 is 25.6 Å². The third kappa shape index (κ3) is 3.50. The largest absolute Gasteiger partial charge is 0.472 e. The fraction of sp³-hybridized carbons (Fsp3) is 0.667. The number of primary amides is 1. The minimum absolute atomic E-state index is 0.288. The smallest absolute Gasteiger partial charge is 0.387 e. The summed E-state index contributed by atoms with van der Waals surface area (Å²) in [6.07, 6.45) is -4.02. The second-order valence-electron chi connectivity index (χ2n) is 4.41. The lowest BCUT2D eigenvalue weighted by Gasteiger charge is -2.16. The lowest BCUT2D eigenvalue weighted by Crippen LogP contribution is -2.33. The summed E-state index contributed by atoms with van der Waals surface area (Å²) in [6.45, 7) is -0.506. The number of hydrogen-bond donors (Lipinski definition) is 4. The zero-order valence-electron chi connectivity index (χ0n) is 11.3. The fourth-order valence-corrected chi connectivity index (χ4v) is 2.26. The average Bonchev–Trinajstić information content (AvgIpc) is 3.05. The van der Waals surface area contributed by atoms with Crippen molar-refractivity contribution < 1.29 is 38.3 Å². The highest BCUT2D eigenvalue weighted by Crippen LogP contribution is 2.43. The lowest BCUT2D eigenvalue weighted by molar-refractivity contribution is -0.0585. The molecule has 1 aromatic heterocycles. The molecule has 0 spiro atoms. The maximum atomic E-state index is 11.2. The van der Waals surface area contributed by atoms with E-state index in [2.05, 4.69) is 19.1 Å². The molecule has 0 aromatic carbocycles. The highest BCUT2D eigenvalue weighted by molar-refractivity contribution is 7.47. The molecule has 0 aliphatic carbocycles. The average molecular weight is 338 g/mol. The Bertz CT molecular complexity index is 594. The van der Waals surface area contributed by atoms with Crippen LogP contribution in [0.2, 0.25) is 0 Å². The van der Waals surface area contributed by atoms with Gasteiger partial charge in [-0.3, -0.25) is 13.8 Å². The second-order valence-corrected chi connectivity index (χ2v) is 5.97. The van der Waals surface area contributed by atoms with Gasteiger partial charge in [-0.2, -0.15) is 0 Å². The molecule has 0 bridgehead atoms. The van der Waals surface area contributed by atoms with Crippen molar-refractivity contribution >= 4 is 13.7 Å². The first-order valence-corrected chi connectivity index (χ1v) is 7.50. The van der Waals surface area contributed by atoms with E-state index in [0.717, 1.165) is 18.1 Å². The lowest BCUT2D eigenvalue weighted by atomic mass is 10.1. The van der Waals surface area contributed by atoms with Crippen LogP contribution in [-0.4, -0.2) is 67.8 Å². The number of amides is 1. The molecular weight excluding hydrogens is 323 g/mol. The third-order valence-electron chi connectivity index (χ3n) is 2.96. The number of phosphoric acid groups is 1. The molecule has 5 atom stereocenters. The summed E-state index contributed by atoms with van der Waals surface area (Å²) in [5, 5.41) is 23.5. The van der Waals surface area contributed by atoms with E-state index in [0.29, 0.717) is 0 Å². The van der Waals surface area contributed by atoms with Crippen LogP contribution in [0, 0.1) is 0 Å². The number of hydrogen-bond acceptors (Lipinski definition) is 9. The number of aromatic nitrogens is 3. The molecule has 1 aliphatic heterocycles. The molecule has 0 saturated carbocycles. The van der Waals surface area contributed by atoms with E-state index < -0.39 is 44.9 Å². The number of carbonyl (C=O) groups excluding carboxylic acids is 1. The van der Waals surface area contributed by atoms with E-state index >= 15 is 0 Å². The minimum Gasteiger partial charge on any atom is -0.387 e. The number of rotatable bonds is 6. The molecule has 124 valence electrons. The summed E-state index contributed by atoms with van der Waals surface area (Å²) in [5.41, 5.74) is 5.00. The van der Waals surface area contributed by atoms with Gasteiger partial charge in [-0.25, -0.2) is 14.2 Å². The minimum atomic E-state index is -4.24. The molecule has 1 unspecified atom stereocenters. The van der Waals surface area contributed by atoms with Crippen LogP contribution in [0.25, 0.3) is 0 Å². The molecule has 1 fully saturated rings. The molecular formula is C9H15N4O8P. The molecule has 12 nitrogen and oxygen atoms in total. The van der Waals surface area contributed by atoms with Crippen molar-refractivity contribution in [2.45, 2.75) is 24.5 Å². The first kappa shape index (κ1) is 17.0. The Hall–Kier alpha value is -1.40. The Labute approximate surface area is 124 Å². The summed E-state index contributed by atoms with van der Waals surface area (Å²) in [5.74, 6) is -1.16. The molecule has 13 heteroatoms. The van der Waals surface area contributed by atoms with Gasteiger partial charge in [0.15, 0.2) is 6.23 Å². The normalized spacial score (nSPS) is 31.1. The number of phosphoric ester groups is 1. The summed E-state index contributed by atoms with van der Waals surface area (Å²) in [6, 6.07) is 0. The Morgan fingerprint density at radius 1 is 1.55 bits per heavy atom. The van der Waals surface area contributed by atoms with Crippen LogP contribution in [0.3, 0.4) is 0 Å². The monoisotopic (exact) mass is 338 g/mol. The van der Waals surface area contributed by atoms with Gasteiger partial charge in [0.2, 0.25) is 5.82 Å². The molecule has 1 amide bonds. The molecule has 22 heavy (non-hydrogen) atoms. The molecule has 1 aliphatic rings. The standard InChI is InChI=1S/C9H15N4O8P/c1-19-22(17,18)20-2-4-5(14)6(15)9(21-4)13-3-11-8(12-13)7(10)16/h3-6,9,14-15H,2H2,1H3,(H2,10,16)(H,17,18)/t4-,5-,6-,9-/m1/s1. The Morgan fingerprint density at radius 3 is 2.77 bits per heavy atom. The van der Waals surface area contributed by atoms with E-state index in [1.165, 1.54) is 0 Å². The van der Waals surface area contributed by atoms with E-state index in [9.17, 15) is 19.6 Å². The zero-order valence-corrected chi connectivity index (χ0v) is 12.2. The molecule has 1 aromatic rings. The highest BCUT2D eigenvalue weighted by Gasteiger charge is 2.45. The summed E-state index contributed by atoms with van der Waals surface area (Å²) >= 11 is 0. The topological polar surface area (TPSA) is 179 Å². The molecule has 1 saturated heterocycles. The summed E-state index contributed by atoms with van der Waals surface area (Å²) in [7, 11) is -3.26. The Balaban J connectivity index is 2.06. The van der Waals surface area contributed by atoms with Crippen molar-refractivity contribution in [1.82, 2.24) is 14.8 Å². The van der Waals surface area contributed by atoms with Crippen molar-refractivity contribution in [2.24, 2.45) is 5.73 Å². The first-order valence-electron chi connectivity index (χ1n) is 6.01. The van der Waals surface area contributed by atoms with Gasteiger partial charge in [-0.05, 0) is 0 Å². The predicted molar refractivity (Wildman–Crippen MR) is 67.2 cm³/mol. The van der Waals surface area contributed by atoms with Crippen LogP contribution < -0.4 is 5.73 Å². The molecule has 2 heterocycles. The van der Waals surface area contributed by atoms with Crippen LogP contribution in [0.15, 0.2) is 6.33 Å². The number of aliphatic hydroxyl groups is 2. The summed E-state index contributed by atoms with van der Waals surface area (Å²) in [4.78, 5) is 23.7. The Morgan fingerprint density at radius 2 is 2.23 bits per heavy atom. The van der Waals surface area contributed by atoms with E-state index in [4.69, 9.17) is 15.4 Å². The van der Waals surface area contributed by atoms with E-state index in [1.54, 1.807) is 0 Å². The highest BCUT2D eigenvalue weighted by atomic mass is 31.2. The van der Waals surface area contributed by atoms with Crippen LogP contribution in [0.4, 0.5) is 0 Å². The third-order valence-corrected chi connectivity index (χ3v) is 3.90. The summed E-state index contributed by atoms with van der Waals surface area (Å²) < 4.78 is 26.3. The van der Waals surface area contributed by atoms with Gasteiger partial charge in [0.1, 0.15) is 24.6 Å². The maximum Gasteiger partial charge on any atom is 0.472 e. The van der Waals surface area contributed by atoms with E-state index in [-0.39, 0.29) is 5.82 Å². The van der Waals surface area contributed by atoms with E-state index in [1.807, 2.05) is 0 Å². The van der Waals surface area contributed by atoms with Crippen molar-refractivity contribution in [3.63, 3.8) is 0 Å². The van der Waals surface area contributed by atoms with Gasteiger partial charge in [0.05, 0.1) is 6.61 Å². The maximum absolute atomic E-state index is 11.2. The SMILES string of the molecule is COP(=O)(O)OC[C@H]1O[C@@H](n2cnc(C(N)=O)n2)[C@H](O)[C@@H]1O. The molecule has 0 radical (unpaired) electrons. The van der Waals surface area contributed by atoms with Crippen molar-refractivity contribution in [3.05, 3.63) is 12.2 Å². The fourth-order valence-electron chi connectivity index (χ4n) is 1.82. The number of nitrogens with two attached hydrogens (primary N) is 1. The van der Waals surface area contributed by atoms with Crippen molar-refractivity contribution in [2.75, 3.05) is 13.7 Å². The van der Waals surface area contributed by atoms with Gasteiger partial charge in [-0.1, -0.05) is 0 Å². The van der Waals surface area contributed by atoms with Crippen LogP contribution in [0.1, 0.15) is 16.8 Å². The van der Waals surface area contributed by atoms with Crippen molar-refractivity contribution in [3.8, 4) is 0 Å². The first-order chi connectivity index (χ1) is 10.2. The zero-order chi connectivity index (χ0) is 16.5. The quantitative estimate of drug-likeness (QED) is 0.414. The number of aliphatic hydroxyl groups excluding tert-OH is 2. The van der Waals surface area contributed by atoms with Crippen LogP contribution in [-0.2, 0) is 18.3 Å². The van der Waals surface area contributed by atoms with Gasteiger partial charge >= 0.3 is 7.82 Å². The number of ether oxygens (including phenoxy) is 1. The predicted octanol–water partition coefficient (Wildman–Crippen LogP) is -2.24. The molecule has 5 N–H and O–H groups in total. The van der Waals surface area contributed by atoms with Gasteiger partial charge in [-0.15, -0.1) is 5.10 Å². The molecule has 2 rings (SSSR count).